The van der Waals surface area contributed by atoms with E-state index in [1.807, 2.05) is 37.3 Å². The van der Waals surface area contributed by atoms with E-state index in [-0.39, 0.29) is 23.8 Å². The zero-order valence-corrected chi connectivity index (χ0v) is 14.2. The molecule has 0 saturated carbocycles. The summed E-state index contributed by atoms with van der Waals surface area (Å²) >= 11 is 0. The highest BCUT2D eigenvalue weighted by molar-refractivity contribution is 5.46. The number of phenolic OH excluding ortho intramolecular Hbond substituents is 1. The van der Waals surface area contributed by atoms with Crippen molar-refractivity contribution in [3.63, 3.8) is 0 Å². The Morgan fingerprint density at radius 3 is 2.58 bits per heavy atom. The van der Waals surface area contributed by atoms with Crippen molar-refractivity contribution in [1.82, 2.24) is 10.9 Å². The third-order valence-corrected chi connectivity index (χ3v) is 4.51. The molecule has 24 heavy (non-hydrogen) atoms. The van der Waals surface area contributed by atoms with Gasteiger partial charge in [0.15, 0.2) is 0 Å². The molecule has 1 saturated heterocycles. The Labute approximate surface area is 142 Å². The molecule has 0 aromatic heterocycles. The molecule has 5 heteroatoms. The minimum absolute atomic E-state index is 0.0630. The summed E-state index contributed by atoms with van der Waals surface area (Å²) in [6.45, 7) is 4.62. The van der Waals surface area contributed by atoms with Crippen LogP contribution in [0.2, 0.25) is 0 Å². The first-order valence-electron chi connectivity index (χ1n) is 8.25. The molecule has 2 aromatic rings. The van der Waals surface area contributed by atoms with Crippen LogP contribution in [0.5, 0.6) is 17.2 Å². The van der Waals surface area contributed by atoms with Gasteiger partial charge in [0, 0.05) is 29.2 Å². The molecule has 5 nitrogen and oxygen atoms in total. The number of para-hydroxylation sites is 1. The van der Waals surface area contributed by atoms with Gasteiger partial charge in [-0.15, -0.1) is 0 Å². The molecule has 0 spiro atoms. The van der Waals surface area contributed by atoms with Crippen LogP contribution in [-0.4, -0.2) is 24.9 Å². The molecule has 0 amide bonds. The normalized spacial score (nSPS) is 23.2. The molecular weight excluding hydrogens is 304 g/mol. The van der Waals surface area contributed by atoms with E-state index in [0.717, 1.165) is 16.9 Å². The van der Waals surface area contributed by atoms with Crippen molar-refractivity contribution in [3.05, 3.63) is 53.6 Å². The highest BCUT2D eigenvalue weighted by Crippen LogP contribution is 2.43. The fourth-order valence-corrected chi connectivity index (χ4v) is 3.39. The summed E-state index contributed by atoms with van der Waals surface area (Å²) in [5.74, 6) is 1.89. The van der Waals surface area contributed by atoms with Crippen LogP contribution in [0.4, 0.5) is 0 Å². The Hall–Kier alpha value is -2.24. The number of ether oxygens (including phenoxy) is 2. The van der Waals surface area contributed by atoms with Crippen molar-refractivity contribution in [2.75, 3.05) is 13.7 Å². The second-order valence-electron chi connectivity index (χ2n) is 5.98. The molecule has 1 fully saturated rings. The van der Waals surface area contributed by atoms with Gasteiger partial charge in [-0.05, 0) is 26.0 Å². The minimum atomic E-state index is -0.0630. The van der Waals surface area contributed by atoms with Gasteiger partial charge in [0.05, 0.1) is 19.8 Å². The Kier molecular flexibility index (Phi) is 4.92. The molecule has 0 aliphatic carbocycles. The predicted molar refractivity (Wildman–Crippen MR) is 93.5 cm³/mol. The molecule has 128 valence electrons. The summed E-state index contributed by atoms with van der Waals surface area (Å²) in [4.78, 5) is 0. The molecule has 0 radical (unpaired) electrons. The van der Waals surface area contributed by atoms with Crippen LogP contribution in [0.3, 0.4) is 0 Å². The van der Waals surface area contributed by atoms with Crippen molar-refractivity contribution < 1.29 is 14.6 Å². The van der Waals surface area contributed by atoms with Gasteiger partial charge in [-0.3, -0.25) is 5.43 Å². The number of hydrogen-bond acceptors (Lipinski definition) is 5. The molecule has 3 atom stereocenters. The van der Waals surface area contributed by atoms with Gasteiger partial charge >= 0.3 is 0 Å². The van der Waals surface area contributed by atoms with Gasteiger partial charge in [0.25, 0.3) is 0 Å². The lowest BCUT2D eigenvalue weighted by molar-refractivity contribution is 0.336. The standard InChI is InChI=1S/C19H24N2O3/c1-4-24-13-9-10-14(16(22)11-13)19-18(12(2)20-21-19)15-7-5-6-8-17(15)23-3/h5-12,18-22H,4H2,1-3H3. The quantitative estimate of drug-likeness (QED) is 0.787. The number of nitrogens with one attached hydrogen (secondary N) is 2. The zero-order valence-electron chi connectivity index (χ0n) is 14.2. The average Bonchev–Trinajstić information content (AvgIpc) is 2.96. The van der Waals surface area contributed by atoms with Crippen LogP contribution >= 0.6 is 0 Å². The van der Waals surface area contributed by atoms with E-state index in [9.17, 15) is 5.11 Å². The van der Waals surface area contributed by atoms with E-state index in [4.69, 9.17) is 9.47 Å². The molecule has 1 aliphatic rings. The van der Waals surface area contributed by atoms with Gasteiger partial charge in [0.1, 0.15) is 17.2 Å². The molecule has 3 rings (SSSR count). The van der Waals surface area contributed by atoms with E-state index in [0.29, 0.717) is 12.4 Å². The summed E-state index contributed by atoms with van der Waals surface area (Å²) in [6.07, 6.45) is 0. The van der Waals surface area contributed by atoms with Crippen molar-refractivity contribution in [1.29, 1.82) is 0 Å². The average molecular weight is 328 g/mol. The smallest absolute Gasteiger partial charge is 0.124 e. The third kappa shape index (κ3) is 3.05. The Morgan fingerprint density at radius 2 is 1.88 bits per heavy atom. The van der Waals surface area contributed by atoms with Crippen molar-refractivity contribution in [2.45, 2.75) is 31.8 Å². The van der Waals surface area contributed by atoms with Gasteiger partial charge in [-0.25, -0.2) is 5.43 Å². The highest BCUT2D eigenvalue weighted by Gasteiger charge is 2.38. The first kappa shape index (κ1) is 16.6. The Bertz CT molecular complexity index is 705. The van der Waals surface area contributed by atoms with Crippen LogP contribution < -0.4 is 20.3 Å². The van der Waals surface area contributed by atoms with Crippen molar-refractivity contribution in [2.24, 2.45) is 0 Å². The van der Waals surface area contributed by atoms with E-state index in [1.54, 1.807) is 13.2 Å². The lowest BCUT2D eigenvalue weighted by atomic mass is 9.83. The molecule has 3 unspecified atom stereocenters. The number of phenols is 1. The van der Waals surface area contributed by atoms with Crippen molar-refractivity contribution in [3.8, 4) is 17.2 Å². The summed E-state index contributed by atoms with van der Waals surface area (Å²) in [5.41, 5.74) is 8.55. The zero-order chi connectivity index (χ0) is 17.1. The van der Waals surface area contributed by atoms with Crippen molar-refractivity contribution >= 4 is 0 Å². The second kappa shape index (κ2) is 7.11. The third-order valence-electron chi connectivity index (χ3n) is 4.51. The molecule has 3 N–H and O–H groups in total. The lowest BCUT2D eigenvalue weighted by Crippen LogP contribution is -2.29. The molecular formula is C19H24N2O3. The minimum Gasteiger partial charge on any atom is -0.507 e. The number of methoxy groups -OCH3 is 1. The largest absolute Gasteiger partial charge is 0.507 e. The first-order chi connectivity index (χ1) is 11.7. The van der Waals surface area contributed by atoms with Crippen LogP contribution in [-0.2, 0) is 0 Å². The first-order valence-corrected chi connectivity index (χ1v) is 8.25. The highest BCUT2D eigenvalue weighted by atomic mass is 16.5. The van der Waals surface area contributed by atoms with Crippen LogP contribution in [0.25, 0.3) is 0 Å². The fourth-order valence-electron chi connectivity index (χ4n) is 3.39. The summed E-state index contributed by atoms with van der Waals surface area (Å²) in [6, 6.07) is 13.6. The predicted octanol–water partition coefficient (Wildman–Crippen LogP) is 3.12. The number of benzene rings is 2. The fraction of sp³-hybridized carbons (Fsp3) is 0.368. The van der Waals surface area contributed by atoms with Gasteiger partial charge in [0.2, 0.25) is 0 Å². The molecule has 2 aromatic carbocycles. The monoisotopic (exact) mass is 328 g/mol. The topological polar surface area (TPSA) is 62.8 Å². The molecule has 0 bridgehead atoms. The van der Waals surface area contributed by atoms with Crippen LogP contribution in [0, 0.1) is 0 Å². The van der Waals surface area contributed by atoms with Gasteiger partial charge in [-0.2, -0.15) is 0 Å². The van der Waals surface area contributed by atoms with E-state index in [2.05, 4.69) is 23.8 Å². The van der Waals surface area contributed by atoms with Crippen LogP contribution in [0.1, 0.15) is 36.9 Å². The molecule has 1 heterocycles. The lowest BCUT2D eigenvalue weighted by Gasteiger charge is -2.24. The van der Waals surface area contributed by atoms with Gasteiger partial charge in [-0.1, -0.05) is 24.3 Å². The summed E-state index contributed by atoms with van der Waals surface area (Å²) in [7, 11) is 1.68. The summed E-state index contributed by atoms with van der Waals surface area (Å²) in [5, 5.41) is 10.5. The molecule has 1 aliphatic heterocycles. The Balaban J connectivity index is 1.98. The summed E-state index contributed by atoms with van der Waals surface area (Å²) < 4.78 is 11.0. The van der Waals surface area contributed by atoms with Gasteiger partial charge < -0.3 is 14.6 Å². The van der Waals surface area contributed by atoms with E-state index < -0.39 is 0 Å². The second-order valence-corrected chi connectivity index (χ2v) is 5.98. The number of hydrogen-bond donors (Lipinski definition) is 3. The van der Waals surface area contributed by atoms with E-state index in [1.165, 1.54) is 0 Å². The van der Waals surface area contributed by atoms with Crippen LogP contribution in [0.15, 0.2) is 42.5 Å². The number of rotatable bonds is 5. The maximum atomic E-state index is 10.5. The SMILES string of the molecule is CCOc1ccc(C2NNC(C)C2c2ccccc2OC)c(O)c1. The maximum absolute atomic E-state index is 10.5. The maximum Gasteiger partial charge on any atom is 0.124 e. The van der Waals surface area contributed by atoms with E-state index >= 15 is 0 Å². The number of hydrazine groups is 1. The Morgan fingerprint density at radius 1 is 1.08 bits per heavy atom. The number of aromatic hydroxyl groups is 1.